The van der Waals surface area contributed by atoms with E-state index in [-0.39, 0.29) is 5.69 Å². The van der Waals surface area contributed by atoms with Crippen LogP contribution in [0.25, 0.3) is 0 Å². The van der Waals surface area contributed by atoms with Gasteiger partial charge in [0, 0.05) is 17.8 Å². The number of aromatic carboxylic acids is 1. The number of carboxylic acids is 1. The van der Waals surface area contributed by atoms with Crippen molar-refractivity contribution in [1.82, 2.24) is 0 Å². The number of carbonyl (C=O) groups excluding carboxylic acids is 1. The van der Waals surface area contributed by atoms with E-state index in [1.54, 1.807) is 0 Å². The number of ether oxygens (including phenoxy) is 1. The number of rotatable bonds is 2. The van der Waals surface area contributed by atoms with E-state index in [0.717, 1.165) is 19.2 Å². The second kappa shape index (κ2) is 8.08. The molecule has 0 aromatic heterocycles. The summed E-state index contributed by atoms with van der Waals surface area (Å²) in [6.07, 6.45) is 0. The van der Waals surface area contributed by atoms with Gasteiger partial charge in [0.15, 0.2) is 0 Å². The molecule has 2 aromatic carbocycles. The van der Waals surface area contributed by atoms with Gasteiger partial charge in [-0.1, -0.05) is 0 Å². The van der Waals surface area contributed by atoms with Gasteiger partial charge in [-0.25, -0.2) is 31.5 Å². The molecule has 0 amide bonds. The maximum absolute atomic E-state index is 12.9. The molecular formula is C15H10F5NO4. The number of esters is 1. The zero-order chi connectivity index (χ0) is 19.3. The second-order valence-corrected chi connectivity index (χ2v) is 4.40. The van der Waals surface area contributed by atoms with Crippen LogP contribution in [0.2, 0.25) is 0 Å². The zero-order valence-corrected chi connectivity index (χ0v) is 12.4. The Morgan fingerprint density at radius 3 is 1.64 bits per heavy atom. The molecule has 0 spiro atoms. The van der Waals surface area contributed by atoms with Crippen molar-refractivity contribution in [3.8, 4) is 0 Å². The molecule has 5 nitrogen and oxygen atoms in total. The van der Waals surface area contributed by atoms with E-state index >= 15 is 0 Å². The van der Waals surface area contributed by atoms with Gasteiger partial charge >= 0.3 is 11.9 Å². The van der Waals surface area contributed by atoms with E-state index in [4.69, 9.17) is 10.8 Å². The second-order valence-electron chi connectivity index (χ2n) is 4.40. The Morgan fingerprint density at radius 1 is 0.880 bits per heavy atom. The number of nitrogen functional groups attached to an aromatic ring is 1. The molecular weight excluding hydrogens is 353 g/mol. The van der Waals surface area contributed by atoms with Gasteiger partial charge in [0.1, 0.15) is 40.2 Å². The van der Waals surface area contributed by atoms with Crippen LogP contribution in [0.5, 0.6) is 0 Å². The smallest absolute Gasteiger partial charge is 0.343 e. The predicted molar refractivity (Wildman–Crippen MR) is 75.4 cm³/mol. The molecule has 3 N–H and O–H groups in total. The number of carbonyl (C=O) groups is 2. The molecule has 10 heteroatoms. The minimum atomic E-state index is -1.76. The van der Waals surface area contributed by atoms with Crippen LogP contribution in [0.3, 0.4) is 0 Å². The van der Waals surface area contributed by atoms with Crippen LogP contribution in [-0.2, 0) is 4.74 Å². The molecule has 0 unspecified atom stereocenters. The van der Waals surface area contributed by atoms with Crippen molar-refractivity contribution in [2.45, 2.75) is 0 Å². The summed E-state index contributed by atoms with van der Waals surface area (Å²) >= 11 is 0. The van der Waals surface area contributed by atoms with Crippen molar-refractivity contribution in [1.29, 1.82) is 0 Å². The molecule has 0 heterocycles. The molecule has 134 valence electrons. The molecule has 0 aliphatic heterocycles. The molecule has 0 saturated carbocycles. The summed E-state index contributed by atoms with van der Waals surface area (Å²) in [5.41, 5.74) is 3.19. The van der Waals surface area contributed by atoms with E-state index < -0.39 is 52.2 Å². The topological polar surface area (TPSA) is 89.6 Å². The Labute approximate surface area is 137 Å². The molecule has 2 rings (SSSR count). The summed E-state index contributed by atoms with van der Waals surface area (Å²) in [7, 11) is 1.04. The lowest BCUT2D eigenvalue weighted by molar-refractivity contribution is 0.0588. The largest absolute Gasteiger partial charge is 0.477 e. The average molecular weight is 363 g/mol. The van der Waals surface area contributed by atoms with Crippen LogP contribution < -0.4 is 5.73 Å². The zero-order valence-electron chi connectivity index (χ0n) is 12.4. The van der Waals surface area contributed by atoms with Gasteiger partial charge in [0.2, 0.25) is 0 Å². The lowest BCUT2D eigenvalue weighted by atomic mass is 10.2. The van der Waals surface area contributed by atoms with Gasteiger partial charge in [0.05, 0.1) is 7.11 Å². The van der Waals surface area contributed by atoms with Gasteiger partial charge in [-0.3, -0.25) is 0 Å². The quantitative estimate of drug-likeness (QED) is 0.486. The monoisotopic (exact) mass is 363 g/mol. The van der Waals surface area contributed by atoms with Gasteiger partial charge in [-0.15, -0.1) is 0 Å². The van der Waals surface area contributed by atoms with Crippen molar-refractivity contribution >= 4 is 17.6 Å². The predicted octanol–water partition coefficient (Wildman–Crippen LogP) is 3.14. The Balaban J connectivity index is 0.000000251. The molecule has 0 radical (unpaired) electrons. The normalized spacial score (nSPS) is 9.84. The van der Waals surface area contributed by atoms with Crippen molar-refractivity contribution in [2.24, 2.45) is 0 Å². The van der Waals surface area contributed by atoms with Gasteiger partial charge in [-0.05, 0) is 12.1 Å². The molecule has 0 atom stereocenters. The number of carboxylic acid groups (broad SMARTS) is 1. The van der Waals surface area contributed by atoms with Gasteiger partial charge in [-0.2, -0.15) is 0 Å². The highest BCUT2D eigenvalue weighted by molar-refractivity contribution is 5.90. The van der Waals surface area contributed by atoms with Crippen molar-refractivity contribution in [3.05, 3.63) is 64.5 Å². The van der Waals surface area contributed by atoms with E-state index in [0.29, 0.717) is 12.1 Å². The highest BCUT2D eigenvalue weighted by Crippen LogP contribution is 2.17. The van der Waals surface area contributed by atoms with Crippen LogP contribution >= 0.6 is 0 Å². The first kappa shape index (κ1) is 19.9. The fourth-order valence-corrected chi connectivity index (χ4v) is 1.64. The number of hydrogen-bond donors (Lipinski definition) is 2. The van der Waals surface area contributed by atoms with Gasteiger partial charge in [0.25, 0.3) is 0 Å². The molecule has 0 aliphatic rings. The molecule has 0 aliphatic carbocycles. The first-order valence-corrected chi connectivity index (χ1v) is 6.29. The fourth-order valence-electron chi connectivity index (χ4n) is 1.64. The summed E-state index contributed by atoms with van der Waals surface area (Å²) in [5.74, 6) is -8.84. The standard InChI is InChI=1S/C8H7F2NO2.C7H3F3O2/c1-13-8(12)7-5(9)2-4(11)3-6(7)10;8-3-1-4(9)6(7(11)12)5(10)2-3/h2-3H,11H2,1H3;1-2H,(H,11,12). The third-order valence-electron chi connectivity index (χ3n) is 2.67. The molecule has 0 fully saturated rings. The fraction of sp³-hybridized carbons (Fsp3) is 0.0667. The van der Waals surface area contributed by atoms with Crippen LogP contribution in [0.15, 0.2) is 24.3 Å². The van der Waals surface area contributed by atoms with E-state index in [1.165, 1.54) is 0 Å². The number of anilines is 1. The number of methoxy groups -OCH3 is 1. The Bertz CT molecular complexity index is 780. The minimum absolute atomic E-state index is 0.0809. The molecule has 0 bridgehead atoms. The van der Waals surface area contributed by atoms with Crippen LogP contribution in [-0.4, -0.2) is 24.2 Å². The first-order valence-electron chi connectivity index (χ1n) is 6.29. The number of halogens is 5. The van der Waals surface area contributed by atoms with Crippen molar-refractivity contribution < 1.29 is 41.4 Å². The van der Waals surface area contributed by atoms with Gasteiger partial charge < -0.3 is 15.6 Å². The molecule has 25 heavy (non-hydrogen) atoms. The van der Waals surface area contributed by atoms with Crippen LogP contribution in [0.4, 0.5) is 27.6 Å². The van der Waals surface area contributed by atoms with E-state index in [9.17, 15) is 31.5 Å². The summed E-state index contributed by atoms with van der Waals surface area (Å²) in [5, 5.41) is 8.23. The van der Waals surface area contributed by atoms with E-state index in [2.05, 4.69) is 4.74 Å². The number of benzene rings is 2. The maximum Gasteiger partial charge on any atom is 0.343 e. The summed E-state index contributed by atoms with van der Waals surface area (Å²) in [6.45, 7) is 0. The lowest BCUT2D eigenvalue weighted by Crippen LogP contribution is -2.08. The lowest BCUT2D eigenvalue weighted by Gasteiger charge is -2.03. The summed E-state index contributed by atoms with van der Waals surface area (Å²) in [6, 6.07) is 2.34. The van der Waals surface area contributed by atoms with Crippen LogP contribution in [0, 0.1) is 29.1 Å². The average Bonchev–Trinajstić information content (AvgIpc) is 2.44. The summed E-state index contributed by atoms with van der Waals surface area (Å²) in [4.78, 5) is 21.0. The Morgan fingerprint density at radius 2 is 1.28 bits per heavy atom. The SMILES string of the molecule is COC(=O)c1c(F)cc(N)cc1F.O=C(O)c1c(F)cc(F)cc1F. The number of hydrogen-bond acceptors (Lipinski definition) is 4. The maximum atomic E-state index is 12.9. The third-order valence-corrected chi connectivity index (χ3v) is 2.67. The molecule has 0 saturated heterocycles. The van der Waals surface area contributed by atoms with Crippen molar-refractivity contribution in [3.63, 3.8) is 0 Å². The summed E-state index contributed by atoms with van der Waals surface area (Å²) < 4.78 is 67.2. The highest BCUT2D eigenvalue weighted by Gasteiger charge is 2.18. The first-order chi connectivity index (χ1) is 11.6. The Hall–Kier alpha value is -3.17. The van der Waals surface area contributed by atoms with Crippen molar-refractivity contribution in [2.75, 3.05) is 12.8 Å². The third kappa shape index (κ3) is 4.90. The van der Waals surface area contributed by atoms with E-state index in [1.807, 2.05) is 0 Å². The number of nitrogens with two attached hydrogens (primary N) is 1. The Kier molecular flexibility index (Phi) is 6.43. The van der Waals surface area contributed by atoms with Crippen LogP contribution in [0.1, 0.15) is 20.7 Å². The minimum Gasteiger partial charge on any atom is -0.477 e. The molecule has 2 aromatic rings. The highest BCUT2D eigenvalue weighted by atomic mass is 19.2.